The molecule has 13 heavy (non-hydrogen) atoms. The summed E-state index contributed by atoms with van der Waals surface area (Å²) in [6, 6.07) is 0.494. The molecule has 1 aliphatic carbocycles. The molecule has 74 valence electrons. The van der Waals surface area contributed by atoms with Crippen molar-refractivity contribution in [2.24, 2.45) is 5.92 Å². The molecule has 1 heterocycles. The molecule has 1 aliphatic heterocycles. The van der Waals surface area contributed by atoms with Crippen molar-refractivity contribution < 1.29 is 4.74 Å². The molecule has 2 rings (SSSR count). The van der Waals surface area contributed by atoms with Gasteiger partial charge in [-0.1, -0.05) is 6.42 Å². The van der Waals surface area contributed by atoms with Crippen LogP contribution in [0.4, 0.5) is 0 Å². The number of rotatable bonds is 3. The number of likely N-dealkylation sites (N-methyl/N-ethyl adjacent to an activating group) is 1. The number of hydrogen-bond acceptors (Lipinski definition) is 2. The minimum atomic E-state index is 0.494. The number of nitrogens with one attached hydrogen (secondary N) is 1. The Labute approximate surface area is 80.4 Å². The fourth-order valence-electron chi connectivity index (χ4n) is 2.18. The molecule has 0 amide bonds. The highest BCUT2D eigenvalue weighted by Crippen LogP contribution is 2.33. The Morgan fingerprint density at radius 3 is 2.77 bits per heavy atom. The Bertz CT molecular complexity index is 196. The standard InChI is InChI=1S/C11H19NO/c1-12-11(9-5-4-6-9)10-7-2-3-8-13-10/h7,9,11-12H,2-6,8H2,1H3. The lowest BCUT2D eigenvalue weighted by Crippen LogP contribution is -2.40. The largest absolute Gasteiger partial charge is 0.497 e. The Morgan fingerprint density at radius 1 is 1.46 bits per heavy atom. The van der Waals surface area contributed by atoms with Gasteiger partial charge in [-0.05, 0) is 44.7 Å². The van der Waals surface area contributed by atoms with Gasteiger partial charge in [0.25, 0.3) is 0 Å². The maximum absolute atomic E-state index is 5.69. The van der Waals surface area contributed by atoms with Gasteiger partial charge < -0.3 is 10.1 Å². The van der Waals surface area contributed by atoms with Crippen LogP contribution in [0.2, 0.25) is 0 Å². The lowest BCUT2D eigenvalue weighted by atomic mass is 9.78. The van der Waals surface area contributed by atoms with Gasteiger partial charge in [0.05, 0.1) is 12.6 Å². The van der Waals surface area contributed by atoms with Gasteiger partial charge in [0.15, 0.2) is 0 Å². The second kappa shape index (κ2) is 4.14. The lowest BCUT2D eigenvalue weighted by molar-refractivity contribution is 0.131. The minimum absolute atomic E-state index is 0.494. The molecule has 0 aromatic heterocycles. The first-order valence-corrected chi connectivity index (χ1v) is 5.42. The smallest absolute Gasteiger partial charge is 0.109 e. The van der Waals surface area contributed by atoms with Crippen molar-refractivity contribution in [2.45, 2.75) is 38.1 Å². The van der Waals surface area contributed by atoms with Gasteiger partial charge in [-0.3, -0.25) is 0 Å². The van der Waals surface area contributed by atoms with Gasteiger partial charge >= 0.3 is 0 Å². The van der Waals surface area contributed by atoms with Gasteiger partial charge in [0.1, 0.15) is 5.76 Å². The van der Waals surface area contributed by atoms with Crippen LogP contribution in [-0.2, 0) is 4.74 Å². The highest BCUT2D eigenvalue weighted by molar-refractivity contribution is 5.08. The molecule has 0 aromatic carbocycles. The van der Waals surface area contributed by atoms with Crippen molar-refractivity contribution in [3.8, 4) is 0 Å². The van der Waals surface area contributed by atoms with Crippen LogP contribution in [0, 0.1) is 5.92 Å². The molecule has 2 heteroatoms. The number of allylic oxidation sites excluding steroid dienone is 1. The summed E-state index contributed by atoms with van der Waals surface area (Å²) in [4.78, 5) is 0. The molecule has 0 spiro atoms. The van der Waals surface area contributed by atoms with Crippen LogP contribution in [0.25, 0.3) is 0 Å². The van der Waals surface area contributed by atoms with Gasteiger partial charge in [-0.2, -0.15) is 0 Å². The maximum atomic E-state index is 5.69. The summed E-state index contributed by atoms with van der Waals surface area (Å²) in [7, 11) is 2.04. The summed E-state index contributed by atoms with van der Waals surface area (Å²) in [5.41, 5.74) is 0. The van der Waals surface area contributed by atoms with Crippen LogP contribution in [0.1, 0.15) is 32.1 Å². The number of ether oxygens (including phenoxy) is 1. The predicted molar refractivity (Wildman–Crippen MR) is 53.5 cm³/mol. The first-order chi connectivity index (χ1) is 6.42. The first kappa shape index (κ1) is 9.07. The van der Waals surface area contributed by atoms with E-state index >= 15 is 0 Å². The van der Waals surface area contributed by atoms with Crippen molar-refractivity contribution in [3.63, 3.8) is 0 Å². The molecular weight excluding hydrogens is 162 g/mol. The number of hydrogen-bond donors (Lipinski definition) is 1. The van der Waals surface area contributed by atoms with Gasteiger partial charge in [0, 0.05) is 0 Å². The zero-order valence-corrected chi connectivity index (χ0v) is 8.38. The normalized spacial score (nSPS) is 25.8. The molecule has 1 N–H and O–H groups in total. The van der Waals surface area contributed by atoms with E-state index in [9.17, 15) is 0 Å². The van der Waals surface area contributed by atoms with Crippen molar-refractivity contribution in [3.05, 3.63) is 11.8 Å². The Morgan fingerprint density at radius 2 is 2.31 bits per heavy atom. The fourth-order valence-corrected chi connectivity index (χ4v) is 2.18. The lowest BCUT2D eigenvalue weighted by Gasteiger charge is -2.35. The van der Waals surface area contributed by atoms with Gasteiger partial charge in [-0.15, -0.1) is 0 Å². The SMILES string of the molecule is CNC(C1=CCCCO1)C1CCC1. The molecule has 2 nitrogen and oxygen atoms in total. The van der Waals surface area contributed by atoms with Crippen LogP contribution in [0.5, 0.6) is 0 Å². The maximum Gasteiger partial charge on any atom is 0.109 e. The van der Waals surface area contributed by atoms with E-state index in [1.807, 2.05) is 7.05 Å². The molecule has 2 aliphatic rings. The van der Waals surface area contributed by atoms with Gasteiger partial charge in [0.2, 0.25) is 0 Å². The van der Waals surface area contributed by atoms with Crippen LogP contribution in [-0.4, -0.2) is 19.7 Å². The average molecular weight is 181 g/mol. The van der Waals surface area contributed by atoms with Crippen LogP contribution in [0.3, 0.4) is 0 Å². The average Bonchev–Trinajstić information content (AvgIpc) is 2.12. The predicted octanol–water partition coefficient (Wildman–Crippen LogP) is 2.07. The van der Waals surface area contributed by atoms with Crippen molar-refractivity contribution >= 4 is 0 Å². The van der Waals surface area contributed by atoms with E-state index in [2.05, 4.69) is 11.4 Å². The van der Waals surface area contributed by atoms with E-state index in [1.54, 1.807) is 0 Å². The molecule has 1 fully saturated rings. The van der Waals surface area contributed by atoms with Crippen LogP contribution < -0.4 is 5.32 Å². The topological polar surface area (TPSA) is 21.3 Å². The Kier molecular flexibility index (Phi) is 2.89. The highest BCUT2D eigenvalue weighted by Gasteiger charge is 2.30. The molecular formula is C11H19NO. The first-order valence-electron chi connectivity index (χ1n) is 5.42. The van der Waals surface area contributed by atoms with Gasteiger partial charge in [-0.25, -0.2) is 0 Å². The molecule has 1 unspecified atom stereocenters. The molecule has 0 saturated heterocycles. The second-order valence-electron chi connectivity index (χ2n) is 4.05. The van der Waals surface area contributed by atoms with E-state index < -0.39 is 0 Å². The van der Waals surface area contributed by atoms with Crippen molar-refractivity contribution in [2.75, 3.05) is 13.7 Å². The quantitative estimate of drug-likeness (QED) is 0.719. The summed E-state index contributed by atoms with van der Waals surface area (Å²) >= 11 is 0. The summed E-state index contributed by atoms with van der Waals surface area (Å²) in [6.07, 6.45) is 8.78. The van der Waals surface area contributed by atoms with E-state index in [1.165, 1.54) is 37.9 Å². The van der Waals surface area contributed by atoms with E-state index in [0.29, 0.717) is 6.04 Å². The summed E-state index contributed by atoms with van der Waals surface area (Å²) in [6.45, 7) is 0.913. The third-order valence-electron chi connectivity index (χ3n) is 3.20. The third-order valence-corrected chi connectivity index (χ3v) is 3.20. The summed E-state index contributed by atoms with van der Waals surface area (Å²) in [5, 5.41) is 3.38. The van der Waals surface area contributed by atoms with E-state index in [-0.39, 0.29) is 0 Å². The zero-order chi connectivity index (χ0) is 9.10. The summed E-state index contributed by atoms with van der Waals surface area (Å²) < 4.78 is 5.69. The Balaban J connectivity index is 1.97. The molecule has 0 bridgehead atoms. The second-order valence-corrected chi connectivity index (χ2v) is 4.05. The molecule has 1 saturated carbocycles. The third kappa shape index (κ3) is 1.88. The van der Waals surface area contributed by atoms with Crippen LogP contribution in [0.15, 0.2) is 11.8 Å². The highest BCUT2D eigenvalue weighted by atomic mass is 16.5. The zero-order valence-electron chi connectivity index (χ0n) is 8.38. The minimum Gasteiger partial charge on any atom is -0.497 e. The fraction of sp³-hybridized carbons (Fsp3) is 0.818. The molecule has 1 atom stereocenters. The molecule has 0 radical (unpaired) electrons. The monoisotopic (exact) mass is 181 g/mol. The van der Waals surface area contributed by atoms with Crippen molar-refractivity contribution in [1.82, 2.24) is 5.32 Å². The van der Waals surface area contributed by atoms with E-state index in [4.69, 9.17) is 4.74 Å². The summed E-state index contributed by atoms with van der Waals surface area (Å²) in [5.74, 6) is 2.04. The molecule has 0 aromatic rings. The Hall–Kier alpha value is -0.500. The van der Waals surface area contributed by atoms with Crippen LogP contribution >= 0.6 is 0 Å². The van der Waals surface area contributed by atoms with Crippen molar-refractivity contribution in [1.29, 1.82) is 0 Å². The van der Waals surface area contributed by atoms with E-state index in [0.717, 1.165) is 12.5 Å².